The molecule has 5 saturated heterocycles. The van der Waals surface area contributed by atoms with Crippen molar-refractivity contribution < 1.29 is 14.3 Å². The molecule has 5 aliphatic heterocycles. The molecule has 0 aromatic rings. The molecule has 0 spiro atoms. The van der Waals surface area contributed by atoms with Crippen LogP contribution in [-0.4, -0.2) is 98.4 Å². The highest BCUT2D eigenvalue weighted by Crippen LogP contribution is 2.36. The molecule has 2 unspecified atom stereocenters. The number of morpholine rings is 1. The maximum absolute atomic E-state index is 13.5. The Morgan fingerprint density at radius 3 is 2.18 bits per heavy atom. The maximum atomic E-state index is 13.5. The van der Waals surface area contributed by atoms with Gasteiger partial charge in [0.1, 0.15) is 5.41 Å². The van der Waals surface area contributed by atoms with Crippen LogP contribution in [0.5, 0.6) is 0 Å². The Bertz CT molecular complexity index is 687. The van der Waals surface area contributed by atoms with Crippen molar-refractivity contribution >= 4 is 5.91 Å². The molecule has 5 aliphatic rings. The van der Waals surface area contributed by atoms with Crippen LogP contribution >= 0.6 is 0 Å². The first-order chi connectivity index (χ1) is 16.2. The average molecular weight is 459 g/mol. The van der Waals surface area contributed by atoms with Crippen molar-refractivity contribution in [2.24, 2.45) is 17.3 Å². The maximum Gasteiger partial charge on any atom is 0.243 e. The van der Waals surface area contributed by atoms with Gasteiger partial charge >= 0.3 is 0 Å². The summed E-state index contributed by atoms with van der Waals surface area (Å²) in [5.74, 6) is 1.52. The van der Waals surface area contributed by atoms with Crippen LogP contribution < -0.4 is 0 Å². The lowest BCUT2D eigenvalue weighted by atomic mass is 9.77. The number of fused-ring (bicyclic) bond motifs is 2. The van der Waals surface area contributed by atoms with Crippen molar-refractivity contribution in [3.63, 3.8) is 0 Å². The van der Waals surface area contributed by atoms with Gasteiger partial charge in [-0.15, -0.1) is 0 Å². The lowest BCUT2D eigenvalue weighted by molar-refractivity contribution is -0.143. The molecule has 7 heteroatoms. The Balaban J connectivity index is 1.06. The van der Waals surface area contributed by atoms with Gasteiger partial charge < -0.3 is 19.3 Å². The quantitative estimate of drug-likeness (QED) is 0.609. The van der Waals surface area contributed by atoms with Crippen molar-refractivity contribution in [3.05, 3.63) is 0 Å². The number of hydrogen-bond donors (Lipinski definition) is 0. The molecule has 0 aromatic heterocycles. The highest BCUT2D eigenvalue weighted by molar-refractivity contribution is 5.85. The van der Waals surface area contributed by atoms with Gasteiger partial charge in [-0.2, -0.15) is 5.26 Å². The molecular weight excluding hydrogens is 416 g/mol. The summed E-state index contributed by atoms with van der Waals surface area (Å²) in [6.45, 7) is 9.24. The first-order valence-electron chi connectivity index (χ1n) is 13.5. The number of ether oxygens (including phenoxy) is 2. The summed E-state index contributed by atoms with van der Waals surface area (Å²) in [5.41, 5.74) is -0.800. The third-order valence-electron chi connectivity index (χ3n) is 9.28. The third-order valence-corrected chi connectivity index (χ3v) is 9.28. The van der Waals surface area contributed by atoms with Crippen molar-refractivity contribution in [1.29, 1.82) is 5.26 Å². The van der Waals surface area contributed by atoms with Gasteiger partial charge in [-0.1, -0.05) is 0 Å². The Morgan fingerprint density at radius 1 is 0.879 bits per heavy atom. The van der Waals surface area contributed by atoms with Crippen molar-refractivity contribution in [2.75, 3.05) is 65.7 Å². The van der Waals surface area contributed by atoms with Crippen LogP contribution in [0.2, 0.25) is 0 Å². The van der Waals surface area contributed by atoms with Gasteiger partial charge in [-0.3, -0.25) is 9.69 Å². The molecule has 0 radical (unpaired) electrons. The molecule has 0 saturated carbocycles. The molecule has 5 rings (SSSR count). The summed E-state index contributed by atoms with van der Waals surface area (Å²) in [6, 6.07) is 3.75. The van der Waals surface area contributed by atoms with Crippen LogP contribution in [0.15, 0.2) is 0 Å². The number of amides is 1. The smallest absolute Gasteiger partial charge is 0.243 e. The summed E-state index contributed by atoms with van der Waals surface area (Å²) in [4.78, 5) is 20.6. The molecule has 5 fully saturated rings. The lowest BCUT2D eigenvalue weighted by Gasteiger charge is -2.42. The van der Waals surface area contributed by atoms with E-state index in [-0.39, 0.29) is 5.91 Å². The van der Waals surface area contributed by atoms with Gasteiger partial charge in [0.2, 0.25) is 5.91 Å². The fourth-order valence-corrected chi connectivity index (χ4v) is 6.92. The summed E-state index contributed by atoms with van der Waals surface area (Å²) in [6.07, 6.45) is 9.64. The zero-order chi connectivity index (χ0) is 22.7. The first-order valence-corrected chi connectivity index (χ1v) is 13.5. The molecule has 0 N–H and O–H groups in total. The molecule has 0 aliphatic carbocycles. The minimum atomic E-state index is -0.800. The minimum Gasteiger partial charge on any atom is -0.381 e. The van der Waals surface area contributed by atoms with Crippen LogP contribution in [0.1, 0.15) is 57.8 Å². The monoisotopic (exact) mass is 458 g/mol. The Hall–Kier alpha value is -1.20. The summed E-state index contributed by atoms with van der Waals surface area (Å²) >= 11 is 0. The van der Waals surface area contributed by atoms with E-state index in [4.69, 9.17) is 9.47 Å². The normalized spacial score (nSPS) is 32.0. The number of rotatable bonds is 6. The number of piperidine rings is 2. The Kier molecular flexibility index (Phi) is 7.56. The standard InChI is InChI=1S/C26H42N4O3/c27-20-26(8-13-28(14-9-26)17-22-6-15-32-16-7-22)25(31)29-10-3-21(4-11-29)5-12-30-23-1-2-24(30)19-33-18-23/h21-24H,1-19H2. The fraction of sp³-hybridized carbons (Fsp3) is 0.923. The lowest BCUT2D eigenvalue weighted by Crippen LogP contribution is -2.52. The second-order valence-electron chi connectivity index (χ2n) is 11.2. The van der Waals surface area contributed by atoms with Crippen LogP contribution in [-0.2, 0) is 14.3 Å². The van der Waals surface area contributed by atoms with E-state index in [0.717, 1.165) is 84.8 Å². The second-order valence-corrected chi connectivity index (χ2v) is 11.2. The second kappa shape index (κ2) is 10.6. The average Bonchev–Trinajstić information content (AvgIpc) is 3.09. The summed E-state index contributed by atoms with van der Waals surface area (Å²) in [5, 5.41) is 10.0. The Morgan fingerprint density at radius 2 is 1.55 bits per heavy atom. The molecule has 1 amide bonds. The number of hydrogen-bond acceptors (Lipinski definition) is 6. The number of carbonyl (C=O) groups is 1. The van der Waals surface area contributed by atoms with Gasteiger partial charge in [0, 0.05) is 58.0 Å². The van der Waals surface area contributed by atoms with E-state index < -0.39 is 5.41 Å². The van der Waals surface area contributed by atoms with Crippen LogP contribution in [0.25, 0.3) is 0 Å². The molecule has 184 valence electrons. The molecule has 2 atom stereocenters. The predicted octanol–water partition coefficient (Wildman–Crippen LogP) is 2.51. The van der Waals surface area contributed by atoms with Gasteiger partial charge in [0.15, 0.2) is 0 Å². The largest absolute Gasteiger partial charge is 0.381 e. The zero-order valence-electron chi connectivity index (χ0n) is 20.3. The van der Waals surface area contributed by atoms with E-state index in [2.05, 4.69) is 15.9 Å². The van der Waals surface area contributed by atoms with Gasteiger partial charge in [0.25, 0.3) is 0 Å². The van der Waals surface area contributed by atoms with E-state index in [1.54, 1.807) is 0 Å². The number of carbonyl (C=O) groups excluding carboxylic acids is 1. The molecule has 2 bridgehead atoms. The van der Waals surface area contributed by atoms with E-state index >= 15 is 0 Å². The number of nitrogens with zero attached hydrogens (tertiary/aromatic N) is 4. The van der Waals surface area contributed by atoms with Crippen LogP contribution in [0.4, 0.5) is 0 Å². The zero-order valence-corrected chi connectivity index (χ0v) is 20.3. The molecule has 5 heterocycles. The van der Waals surface area contributed by atoms with Crippen LogP contribution in [0.3, 0.4) is 0 Å². The van der Waals surface area contributed by atoms with Crippen LogP contribution in [0, 0.1) is 28.6 Å². The van der Waals surface area contributed by atoms with Crippen molar-refractivity contribution in [1.82, 2.24) is 14.7 Å². The summed E-state index contributed by atoms with van der Waals surface area (Å²) < 4.78 is 11.2. The van der Waals surface area contributed by atoms with Gasteiger partial charge in [-0.25, -0.2) is 0 Å². The van der Waals surface area contributed by atoms with E-state index in [9.17, 15) is 10.1 Å². The predicted molar refractivity (Wildman–Crippen MR) is 126 cm³/mol. The molecule has 0 aromatic carbocycles. The SMILES string of the molecule is N#CC1(C(=O)N2CCC(CCN3C4CCC3COC4)CC2)CCN(CC2CCOCC2)CC1. The number of nitriles is 1. The van der Waals surface area contributed by atoms with E-state index in [1.165, 1.54) is 25.8 Å². The minimum absolute atomic E-state index is 0.111. The topological polar surface area (TPSA) is 69.0 Å². The third kappa shape index (κ3) is 5.24. The Labute approximate surface area is 199 Å². The van der Waals surface area contributed by atoms with Crippen molar-refractivity contribution in [2.45, 2.75) is 69.9 Å². The molecular formula is C26H42N4O3. The molecule has 33 heavy (non-hydrogen) atoms. The highest BCUT2D eigenvalue weighted by atomic mass is 16.5. The fourth-order valence-electron chi connectivity index (χ4n) is 6.92. The highest BCUT2D eigenvalue weighted by Gasteiger charge is 2.45. The molecule has 7 nitrogen and oxygen atoms in total. The van der Waals surface area contributed by atoms with E-state index in [0.29, 0.717) is 36.8 Å². The first kappa shape index (κ1) is 23.5. The van der Waals surface area contributed by atoms with E-state index in [1.807, 2.05) is 4.90 Å². The van der Waals surface area contributed by atoms with Crippen molar-refractivity contribution in [3.8, 4) is 6.07 Å². The number of likely N-dealkylation sites (tertiary alicyclic amines) is 2. The summed E-state index contributed by atoms with van der Waals surface area (Å²) in [7, 11) is 0. The van der Waals surface area contributed by atoms with Gasteiger partial charge in [0.05, 0.1) is 19.3 Å². The van der Waals surface area contributed by atoms with Gasteiger partial charge in [-0.05, 0) is 76.2 Å².